The van der Waals surface area contributed by atoms with Gasteiger partial charge in [0.05, 0.1) is 12.8 Å². The lowest BCUT2D eigenvalue weighted by Gasteiger charge is -2.02. The van der Waals surface area contributed by atoms with Crippen LogP contribution in [0.25, 0.3) is 0 Å². The number of rotatable bonds is 4. The standard InChI is InChI=1S/C12H11N3O/c13-7-11-6-10(3-4-15-11)8-14-9-12-2-1-5-16-12/h1-6,14H,8-9H2. The van der Waals surface area contributed by atoms with Gasteiger partial charge in [-0.1, -0.05) is 0 Å². The van der Waals surface area contributed by atoms with E-state index in [0.717, 1.165) is 11.3 Å². The van der Waals surface area contributed by atoms with E-state index in [1.165, 1.54) is 0 Å². The SMILES string of the molecule is N#Cc1cc(CNCc2ccco2)ccn1. The summed E-state index contributed by atoms with van der Waals surface area (Å²) in [4.78, 5) is 3.91. The molecular formula is C12H11N3O. The number of nitrogens with zero attached hydrogens (tertiary/aromatic N) is 2. The summed E-state index contributed by atoms with van der Waals surface area (Å²) in [5.41, 5.74) is 1.48. The van der Waals surface area contributed by atoms with Crippen LogP contribution < -0.4 is 5.32 Å². The van der Waals surface area contributed by atoms with Crippen LogP contribution in [0.1, 0.15) is 17.0 Å². The van der Waals surface area contributed by atoms with Crippen molar-refractivity contribution < 1.29 is 4.42 Å². The lowest BCUT2D eigenvalue weighted by Crippen LogP contribution is -2.12. The predicted molar refractivity (Wildman–Crippen MR) is 58.2 cm³/mol. The molecule has 0 aromatic carbocycles. The normalized spacial score (nSPS) is 9.94. The molecule has 0 bridgehead atoms. The van der Waals surface area contributed by atoms with Crippen LogP contribution in [0, 0.1) is 11.3 Å². The number of furan rings is 1. The van der Waals surface area contributed by atoms with Crippen molar-refractivity contribution in [2.75, 3.05) is 0 Å². The summed E-state index contributed by atoms with van der Waals surface area (Å²) >= 11 is 0. The van der Waals surface area contributed by atoms with Crippen molar-refractivity contribution in [1.29, 1.82) is 5.26 Å². The van der Waals surface area contributed by atoms with Crippen LogP contribution in [0.4, 0.5) is 0 Å². The second-order valence-corrected chi connectivity index (χ2v) is 3.34. The fourth-order valence-electron chi connectivity index (χ4n) is 1.39. The van der Waals surface area contributed by atoms with Crippen LogP contribution in [0.3, 0.4) is 0 Å². The Balaban J connectivity index is 1.88. The maximum atomic E-state index is 8.69. The van der Waals surface area contributed by atoms with Crippen molar-refractivity contribution in [1.82, 2.24) is 10.3 Å². The fourth-order valence-corrected chi connectivity index (χ4v) is 1.39. The fraction of sp³-hybridized carbons (Fsp3) is 0.167. The Morgan fingerprint density at radius 3 is 3.06 bits per heavy atom. The molecule has 4 nitrogen and oxygen atoms in total. The molecule has 0 atom stereocenters. The zero-order chi connectivity index (χ0) is 11.2. The number of aromatic nitrogens is 1. The Kier molecular flexibility index (Phi) is 3.31. The molecule has 2 aromatic heterocycles. The van der Waals surface area contributed by atoms with Gasteiger partial charge in [0.1, 0.15) is 17.5 Å². The molecule has 0 spiro atoms. The molecule has 0 unspecified atom stereocenters. The first kappa shape index (κ1) is 10.4. The highest BCUT2D eigenvalue weighted by Gasteiger charge is 1.97. The Bertz CT molecular complexity index is 485. The largest absolute Gasteiger partial charge is 0.468 e. The van der Waals surface area contributed by atoms with Crippen LogP contribution in [-0.2, 0) is 13.1 Å². The van der Waals surface area contributed by atoms with E-state index in [1.54, 1.807) is 18.5 Å². The summed E-state index contributed by atoms with van der Waals surface area (Å²) in [5, 5.41) is 11.9. The summed E-state index contributed by atoms with van der Waals surface area (Å²) in [5.74, 6) is 0.898. The molecule has 0 saturated heterocycles. The van der Waals surface area contributed by atoms with Gasteiger partial charge in [0.2, 0.25) is 0 Å². The molecule has 0 radical (unpaired) electrons. The first-order chi connectivity index (χ1) is 7.88. The summed E-state index contributed by atoms with van der Waals surface area (Å²) < 4.78 is 5.19. The zero-order valence-corrected chi connectivity index (χ0v) is 8.68. The molecule has 2 heterocycles. The van der Waals surface area contributed by atoms with Gasteiger partial charge in [-0.25, -0.2) is 4.98 Å². The van der Waals surface area contributed by atoms with Crippen molar-refractivity contribution in [2.45, 2.75) is 13.1 Å². The topological polar surface area (TPSA) is 61.9 Å². The highest BCUT2D eigenvalue weighted by Crippen LogP contribution is 2.02. The van der Waals surface area contributed by atoms with Crippen molar-refractivity contribution in [3.8, 4) is 6.07 Å². The minimum absolute atomic E-state index is 0.442. The zero-order valence-electron chi connectivity index (χ0n) is 8.68. The molecule has 1 N–H and O–H groups in total. The second kappa shape index (κ2) is 5.10. The van der Waals surface area contributed by atoms with Crippen LogP contribution in [0.5, 0.6) is 0 Å². The third-order valence-electron chi connectivity index (χ3n) is 2.15. The molecule has 0 aliphatic heterocycles. The quantitative estimate of drug-likeness (QED) is 0.841. The van der Waals surface area contributed by atoms with E-state index in [1.807, 2.05) is 24.3 Å². The van der Waals surface area contributed by atoms with Crippen molar-refractivity contribution in [3.05, 3.63) is 53.7 Å². The first-order valence-corrected chi connectivity index (χ1v) is 4.96. The summed E-state index contributed by atoms with van der Waals surface area (Å²) in [7, 11) is 0. The van der Waals surface area contributed by atoms with Crippen molar-refractivity contribution >= 4 is 0 Å². The van der Waals surface area contributed by atoms with Gasteiger partial charge in [0.15, 0.2) is 0 Å². The number of nitrogens with one attached hydrogen (secondary N) is 1. The van der Waals surface area contributed by atoms with Crippen LogP contribution >= 0.6 is 0 Å². The average molecular weight is 213 g/mol. The van der Waals surface area contributed by atoms with Gasteiger partial charge in [-0.2, -0.15) is 5.26 Å². The summed E-state index contributed by atoms with van der Waals surface area (Å²) in [6.45, 7) is 1.37. The minimum atomic E-state index is 0.442. The second-order valence-electron chi connectivity index (χ2n) is 3.34. The Morgan fingerprint density at radius 2 is 2.31 bits per heavy atom. The van der Waals surface area contributed by atoms with Gasteiger partial charge in [0, 0.05) is 12.7 Å². The molecule has 0 aliphatic rings. The lowest BCUT2D eigenvalue weighted by molar-refractivity contribution is 0.483. The van der Waals surface area contributed by atoms with Crippen LogP contribution in [0.15, 0.2) is 41.1 Å². The average Bonchev–Trinajstić information content (AvgIpc) is 2.82. The van der Waals surface area contributed by atoms with E-state index >= 15 is 0 Å². The minimum Gasteiger partial charge on any atom is -0.468 e. The predicted octanol–water partition coefficient (Wildman–Crippen LogP) is 1.84. The third-order valence-corrected chi connectivity index (χ3v) is 2.15. The Labute approximate surface area is 93.5 Å². The highest BCUT2D eigenvalue weighted by molar-refractivity contribution is 5.25. The number of hydrogen-bond donors (Lipinski definition) is 1. The van der Waals surface area contributed by atoms with Gasteiger partial charge < -0.3 is 9.73 Å². The molecule has 2 rings (SSSR count). The van der Waals surface area contributed by atoms with Crippen molar-refractivity contribution in [2.24, 2.45) is 0 Å². The van der Waals surface area contributed by atoms with E-state index in [-0.39, 0.29) is 0 Å². The molecule has 0 aliphatic carbocycles. The molecule has 0 amide bonds. The van der Waals surface area contributed by atoms with E-state index in [9.17, 15) is 0 Å². The highest BCUT2D eigenvalue weighted by atomic mass is 16.3. The third kappa shape index (κ3) is 2.69. The maximum absolute atomic E-state index is 8.69. The van der Waals surface area contributed by atoms with Crippen LogP contribution in [-0.4, -0.2) is 4.98 Å². The number of pyridine rings is 1. The van der Waals surface area contributed by atoms with E-state index < -0.39 is 0 Å². The summed E-state index contributed by atoms with van der Waals surface area (Å²) in [6.07, 6.45) is 3.29. The molecular weight excluding hydrogens is 202 g/mol. The van der Waals surface area contributed by atoms with E-state index in [4.69, 9.17) is 9.68 Å². The Hall–Kier alpha value is -2.12. The smallest absolute Gasteiger partial charge is 0.140 e. The van der Waals surface area contributed by atoms with Gasteiger partial charge in [0.25, 0.3) is 0 Å². The van der Waals surface area contributed by atoms with Gasteiger partial charge >= 0.3 is 0 Å². The van der Waals surface area contributed by atoms with Crippen molar-refractivity contribution in [3.63, 3.8) is 0 Å². The number of hydrogen-bond acceptors (Lipinski definition) is 4. The van der Waals surface area contributed by atoms with Gasteiger partial charge in [-0.15, -0.1) is 0 Å². The monoisotopic (exact) mass is 213 g/mol. The first-order valence-electron chi connectivity index (χ1n) is 4.96. The van der Waals surface area contributed by atoms with Gasteiger partial charge in [-0.05, 0) is 29.8 Å². The van der Waals surface area contributed by atoms with E-state index in [2.05, 4.69) is 10.3 Å². The maximum Gasteiger partial charge on any atom is 0.140 e. The Morgan fingerprint density at radius 1 is 1.38 bits per heavy atom. The number of nitriles is 1. The van der Waals surface area contributed by atoms with Crippen LogP contribution in [0.2, 0.25) is 0 Å². The molecule has 80 valence electrons. The van der Waals surface area contributed by atoms with E-state index in [0.29, 0.717) is 18.8 Å². The molecule has 4 heteroatoms. The molecule has 0 saturated carbocycles. The molecule has 16 heavy (non-hydrogen) atoms. The lowest BCUT2D eigenvalue weighted by atomic mass is 10.2. The summed E-state index contributed by atoms with van der Waals surface area (Å²) in [6, 6.07) is 9.45. The molecule has 0 fully saturated rings. The van der Waals surface area contributed by atoms with Gasteiger partial charge in [-0.3, -0.25) is 0 Å². The molecule has 2 aromatic rings.